The molecule has 7 nitrogen and oxygen atoms in total. The summed E-state index contributed by atoms with van der Waals surface area (Å²) in [6, 6.07) is 17.1. The third-order valence-corrected chi connectivity index (χ3v) is 8.09. The van der Waals surface area contributed by atoms with E-state index in [9.17, 15) is 18.0 Å². The van der Waals surface area contributed by atoms with Gasteiger partial charge in [-0.05, 0) is 48.2 Å². The summed E-state index contributed by atoms with van der Waals surface area (Å²) in [4.78, 5) is 25.3. The highest BCUT2D eigenvalue weighted by Gasteiger charge is 2.31. The smallest absolute Gasteiger partial charge is 0.309 e. The number of hydrogen-bond acceptors (Lipinski definition) is 6. The number of sulfone groups is 1. The molecule has 1 heterocycles. The van der Waals surface area contributed by atoms with E-state index in [-0.39, 0.29) is 18.0 Å². The van der Waals surface area contributed by atoms with E-state index in [0.29, 0.717) is 10.6 Å². The number of amides is 2. The van der Waals surface area contributed by atoms with Crippen LogP contribution in [0.1, 0.15) is 21.3 Å². The van der Waals surface area contributed by atoms with Crippen molar-refractivity contribution in [3.8, 4) is 5.75 Å². The van der Waals surface area contributed by atoms with Gasteiger partial charge in [-0.1, -0.05) is 35.9 Å². The summed E-state index contributed by atoms with van der Waals surface area (Å²) in [5.74, 6) is -1.04. The number of thiophene rings is 1. The summed E-state index contributed by atoms with van der Waals surface area (Å²) < 4.78 is 31.5. The van der Waals surface area contributed by atoms with Crippen LogP contribution in [0, 0.1) is 6.92 Å². The van der Waals surface area contributed by atoms with Crippen molar-refractivity contribution in [1.29, 1.82) is 0 Å². The summed E-state index contributed by atoms with van der Waals surface area (Å²) in [6.07, 6.45) is 0. The van der Waals surface area contributed by atoms with Gasteiger partial charge in [0.2, 0.25) is 0 Å². The SMILES string of the molecule is COc1ccc(CNC(=O)C(=O)NCC(c2cccs2)S(=O)(=O)c2ccc(C)cc2)cc1. The van der Waals surface area contributed by atoms with Gasteiger partial charge in [-0.2, -0.15) is 0 Å². The molecule has 2 amide bonds. The molecule has 1 aromatic heterocycles. The molecule has 1 unspecified atom stereocenters. The lowest BCUT2D eigenvalue weighted by molar-refractivity contribution is -0.139. The first-order valence-corrected chi connectivity index (χ1v) is 12.3. The minimum absolute atomic E-state index is 0.159. The molecule has 0 spiro atoms. The maximum absolute atomic E-state index is 13.2. The minimum Gasteiger partial charge on any atom is -0.497 e. The monoisotopic (exact) mass is 472 g/mol. The first-order chi connectivity index (χ1) is 15.3. The number of nitrogens with one attached hydrogen (secondary N) is 2. The molecule has 0 aliphatic heterocycles. The fourth-order valence-electron chi connectivity index (χ4n) is 3.00. The van der Waals surface area contributed by atoms with Gasteiger partial charge in [0.1, 0.15) is 11.0 Å². The zero-order valence-electron chi connectivity index (χ0n) is 17.7. The molecular weight excluding hydrogens is 448 g/mol. The minimum atomic E-state index is -3.77. The largest absolute Gasteiger partial charge is 0.497 e. The van der Waals surface area contributed by atoms with E-state index in [4.69, 9.17) is 4.74 Å². The van der Waals surface area contributed by atoms with Gasteiger partial charge < -0.3 is 15.4 Å². The van der Waals surface area contributed by atoms with Crippen LogP contribution in [0.25, 0.3) is 0 Å². The van der Waals surface area contributed by atoms with Gasteiger partial charge in [0, 0.05) is 18.0 Å². The van der Waals surface area contributed by atoms with E-state index in [1.54, 1.807) is 73.2 Å². The standard InChI is InChI=1S/C23H24N2O5S2/c1-16-5-11-19(12-6-16)32(28,29)21(20-4-3-13-31-20)15-25-23(27)22(26)24-14-17-7-9-18(30-2)10-8-17/h3-13,21H,14-15H2,1-2H3,(H,24,26)(H,25,27). The molecule has 3 aromatic rings. The van der Waals surface area contributed by atoms with Crippen LogP contribution < -0.4 is 15.4 Å². The van der Waals surface area contributed by atoms with Gasteiger partial charge in [-0.25, -0.2) is 8.42 Å². The topological polar surface area (TPSA) is 102 Å². The molecular formula is C23H24N2O5S2. The summed E-state index contributed by atoms with van der Waals surface area (Å²) in [5.41, 5.74) is 1.74. The Morgan fingerprint density at radius 1 is 0.969 bits per heavy atom. The van der Waals surface area contributed by atoms with Crippen molar-refractivity contribution in [3.63, 3.8) is 0 Å². The fourth-order valence-corrected chi connectivity index (χ4v) is 5.79. The van der Waals surface area contributed by atoms with Crippen molar-refractivity contribution in [3.05, 3.63) is 82.0 Å². The van der Waals surface area contributed by atoms with Crippen LogP contribution in [0.3, 0.4) is 0 Å². The predicted octanol–water partition coefficient (Wildman–Crippen LogP) is 3.01. The number of benzene rings is 2. The lowest BCUT2D eigenvalue weighted by Gasteiger charge is -2.17. The van der Waals surface area contributed by atoms with Crippen LogP contribution in [0.4, 0.5) is 0 Å². The van der Waals surface area contributed by atoms with E-state index >= 15 is 0 Å². The number of carbonyl (C=O) groups is 2. The second-order valence-corrected chi connectivity index (χ2v) is 10.2. The van der Waals surface area contributed by atoms with Crippen LogP contribution in [-0.4, -0.2) is 33.9 Å². The average molecular weight is 473 g/mol. The Labute approximate surface area is 191 Å². The molecule has 3 rings (SSSR count). The van der Waals surface area contributed by atoms with Crippen molar-refractivity contribution in [2.24, 2.45) is 0 Å². The Balaban J connectivity index is 1.66. The summed E-state index contributed by atoms with van der Waals surface area (Å²) >= 11 is 1.29. The number of ether oxygens (including phenoxy) is 1. The molecule has 2 N–H and O–H groups in total. The molecule has 2 aromatic carbocycles. The molecule has 0 saturated heterocycles. The Morgan fingerprint density at radius 3 is 2.22 bits per heavy atom. The van der Waals surface area contributed by atoms with E-state index in [1.165, 1.54) is 11.3 Å². The first-order valence-electron chi connectivity index (χ1n) is 9.84. The van der Waals surface area contributed by atoms with E-state index in [0.717, 1.165) is 11.1 Å². The summed E-state index contributed by atoms with van der Waals surface area (Å²) in [7, 11) is -2.21. The lowest BCUT2D eigenvalue weighted by atomic mass is 10.2. The highest BCUT2D eigenvalue weighted by Crippen LogP contribution is 2.31. The molecule has 0 aliphatic rings. The zero-order valence-corrected chi connectivity index (χ0v) is 19.3. The van der Waals surface area contributed by atoms with Crippen LogP contribution in [0.5, 0.6) is 5.75 Å². The molecule has 0 saturated carbocycles. The summed E-state index contributed by atoms with van der Waals surface area (Å²) in [5, 5.41) is 5.78. The van der Waals surface area contributed by atoms with Gasteiger partial charge in [0.15, 0.2) is 9.84 Å². The van der Waals surface area contributed by atoms with Crippen molar-refractivity contribution in [2.75, 3.05) is 13.7 Å². The van der Waals surface area contributed by atoms with Gasteiger partial charge in [0.25, 0.3) is 0 Å². The number of aryl methyl sites for hydroxylation is 1. The number of rotatable bonds is 8. The molecule has 0 aliphatic carbocycles. The summed E-state index contributed by atoms with van der Waals surface area (Å²) in [6.45, 7) is 1.82. The molecule has 32 heavy (non-hydrogen) atoms. The molecule has 0 bridgehead atoms. The van der Waals surface area contributed by atoms with E-state index in [1.807, 2.05) is 6.92 Å². The molecule has 1 atom stereocenters. The average Bonchev–Trinajstić information content (AvgIpc) is 3.32. The van der Waals surface area contributed by atoms with Crippen LogP contribution >= 0.6 is 11.3 Å². The maximum atomic E-state index is 13.2. The zero-order chi connectivity index (χ0) is 23.1. The Bertz CT molecular complexity index is 1160. The molecule has 0 radical (unpaired) electrons. The Kier molecular flexibility index (Phi) is 7.66. The highest BCUT2D eigenvalue weighted by molar-refractivity contribution is 7.91. The maximum Gasteiger partial charge on any atom is 0.309 e. The van der Waals surface area contributed by atoms with Gasteiger partial charge in [-0.15, -0.1) is 11.3 Å². The predicted molar refractivity (Wildman–Crippen MR) is 123 cm³/mol. The van der Waals surface area contributed by atoms with Crippen molar-refractivity contribution in [1.82, 2.24) is 10.6 Å². The van der Waals surface area contributed by atoms with Crippen LogP contribution in [0.2, 0.25) is 0 Å². The second kappa shape index (κ2) is 10.4. The Morgan fingerprint density at radius 2 is 1.62 bits per heavy atom. The third kappa shape index (κ3) is 5.74. The third-order valence-electron chi connectivity index (χ3n) is 4.85. The van der Waals surface area contributed by atoms with Crippen molar-refractivity contribution < 1.29 is 22.7 Å². The molecule has 168 valence electrons. The van der Waals surface area contributed by atoms with Crippen molar-refractivity contribution in [2.45, 2.75) is 23.6 Å². The van der Waals surface area contributed by atoms with Crippen LogP contribution in [-0.2, 0) is 26.0 Å². The van der Waals surface area contributed by atoms with Gasteiger partial charge >= 0.3 is 11.8 Å². The van der Waals surface area contributed by atoms with Gasteiger partial charge in [-0.3, -0.25) is 9.59 Å². The van der Waals surface area contributed by atoms with Gasteiger partial charge in [0.05, 0.1) is 12.0 Å². The number of hydrogen-bond donors (Lipinski definition) is 2. The lowest BCUT2D eigenvalue weighted by Crippen LogP contribution is -2.42. The number of carbonyl (C=O) groups excluding carboxylic acids is 2. The van der Waals surface area contributed by atoms with Crippen LogP contribution in [0.15, 0.2) is 70.9 Å². The Hall–Kier alpha value is -3.17. The normalized spacial score (nSPS) is 12.1. The fraction of sp³-hybridized carbons (Fsp3) is 0.217. The molecule has 0 fully saturated rings. The van der Waals surface area contributed by atoms with Crippen molar-refractivity contribution >= 4 is 33.0 Å². The highest BCUT2D eigenvalue weighted by atomic mass is 32.2. The van der Waals surface area contributed by atoms with E-state index in [2.05, 4.69) is 10.6 Å². The quantitative estimate of drug-likeness (QED) is 0.491. The number of methoxy groups -OCH3 is 1. The van der Waals surface area contributed by atoms with E-state index < -0.39 is 26.9 Å². The second-order valence-electron chi connectivity index (χ2n) is 7.10. The first kappa shape index (κ1) is 23.5. The molecule has 9 heteroatoms.